The number of rotatable bonds is 2. The van der Waals surface area contributed by atoms with Gasteiger partial charge in [-0.15, -0.1) is 0 Å². The van der Waals surface area contributed by atoms with Crippen molar-refractivity contribution in [2.75, 3.05) is 0 Å². The molecule has 0 radical (unpaired) electrons. The van der Waals surface area contributed by atoms with Crippen molar-refractivity contribution in [3.8, 4) is 11.3 Å². The minimum Gasteiger partial charge on any atom is -0.457 e. The highest BCUT2D eigenvalue weighted by Crippen LogP contribution is 2.30. The van der Waals surface area contributed by atoms with Crippen LogP contribution in [0.25, 0.3) is 17.4 Å². The Bertz CT molecular complexity index is 1020. The second-order valence-electron chi connectivity index (χ2n) is 5.93. The highest BCUT2D eigenvalue weighted by atomic mass is 79.9. The van der Waals surface area contributed by atoms with Crippen LogP contribution in [0.5, 0.6) is 0 Å². The minimum absolute atomic E-state index is 0.147. The average Bonchev–Trinajstić information content (AvgIpc) is 3.17. The highest BCUT2D eigenvalue weighted by Gasteiger charge is 2.32. The second-order valence-corrected chi connectivity index (χ2v) is 6.78. The van der Waals surface area contributed by atoms with Gasteiger partial charge < -0.3 is 4.42 Å². The molecule has 122 valence electrons. The first-order valence-corrected chi connectivity index (χ1v) is 8.60. The molecule has 3 aromatic rings. The van der Waals surface area contributed by atoms with E-state index in [2.05, 4.69) is 15.9 Å². The summed E-state index contributed by atoms with van der Waals surface area (Å²) in [6, 6.07) is 16.4. The molecule has 0 saturated heterocycles. The number of ketones is 2. The number of allylic oxidation sites excluding steroid dienone is 1. The molecule has 1 aliphatic carbocycles. The summed E-state index contributed by atoms with van der Waals surface area (Å²) < 4.78 is 6.86. The van der Waals surface area contributed by atoms with E-state index in [0.717, 1.165) is 15.6 Å². The zero-order valence-electron chi connectivity index (χ0n) is 13.4. The first-order valence-electron chi connectivity index (χ1n) is 7.81. The standard InChI is InChI=1S/C21H13BrO3/c1-12-10-13(6-8-18(12)22)19-9-7-14(25-19)11-17-20(23)15-4-2-3-5-16(15)21(17)24/h2-11H,1H3. The van der Waals surface area contributed by atoms with E-state index in [-0.39, 0.29) is 17.1 Å². The van der Waals surface area contributed by atoms with Crippen LogP contribution in [-0.2, 0) is 0 Å². The second kappa shape index (κ2) is 5.97. The van der Waals surface area contributed by atoms with Crippen molar-refractivity contribution in [1.82, 2.24) is 0 Å². The Morgan fingerprint density at radius 2 is 1.60 bits per heavy atom. The topological polar surface area (TPSA) is 47.3 Å². The van der Waals surface area contributed by atoms with Crippen LogP contribution in [0.1, 0.15) is 32.0 Å². The van der Waals surface area contributed by atoms with E-state index in [9.17, 15) is 9.59 Å². The number of carbonyl (C=O) groups is 2. The Kier molecular flexibility index (Phi) is 3.77. The van der Waals surface area contributed by atoms with Crippen molar-refractivity contribution in [2.45, 2.75) is 6.92 Å². The molecule has 0 fully saturated rings. The molecule has 1 aliphatic rings. The third-order valence-electron chi connectivity index (χ3n) is 4.26. The van der Waals surface area contributed by atoms with Crippen molar-refractivity contribution in [3.63, 3.8) is 0 Å². The Hall–Kier alpha value is -2.72. The Labute approximate surface area is 153 Å². The fraction of sp³-hybridized carbons (Fsp3) is 0.0476. The average molecular weight is 393 g/mol. The summed E-state index contributed by atoms with van der Waals surface area (Å²) in [6.07, 6.45) is 1.53. The van der Waals surface area contributed by atoms with Gasteiger partial charge in [-0.25, -0.2) is 0 Å². The molecule has 1 aromatic heterocycles. The van der Waals surface area contributed by atoms with Gasteiger partial charge in [-0.1, -0.05) is 46.3 Å². The van der Waals surface area contributed by atoms with Crippen molar-refractivity contribution in [3.05, 3.63) is 87.1 Å². The molecule has 0 bridgehead atoms. The molecule has 0 spiro atoms. The molecule has 0 atom stereocenters. The van der Waals surface area contributed by atoms with Gasteiger partial charge in [0.05, 0.1) is 5.57 Å². The van der Waals surface area contributed by atoms with Crippen LogP contribution in [0, 0.1) is 6.92 Å². The third-order valence-corrected chi connectivity index (χ3v) is 5.15. The van der Waals surface area contributed by atoms with E-state index >= 15 is 0 Å². The molecule has 25 heavy (non-hydrogen) atoms. The molecule has 0 saturated carbocycles. The molecule has 4 heteroatoms. The van der Waals surface area contributed by atoms with Crippen LogP contribution in [-0.4, -0.2) is 11.6 Å². The maximum atomic E-state index is 12.4. The summed E-state index contributed by atoms with van der Waals surface area (Å²) in [5.41, 5.74) is 3.10. The fourth-order valence-electron chi connectivity index (χ4n) is 2.93. The predicted octanol–water partition coefficient (Wildman–Crippen LogP) is 5.48. The lowest BCUT2D eigenvalue weighted by atomic mass is 10.1. The highest BCUT2D eigenvalue weighted by molar-refractivity contribution is 9.10. The van der Waals surface area contributed by atoms with Gasteiger partial charge >= 0.3 is 0 Å². The van der Waals surface area contributed by atoms with Gasteiger partial charge in [0.25, 0.3) is 0 Å². The number of halogens is 1. The quantitative estimate of drug-likeness (QED) is 0.428. The van der Waals surface area contributed by atoms with Gasteiger partial charge in [-0.05, 0) is 42.8 Å². The number of carbonyl (C=O) groups excluding carboxylic acids is 2. The number of hydrogen-bond donors (Lipinski definition) is 0. The van der Waals surface area contributed by atoms with Crippen LogP contribution in [0.3, 0.4) is 0 Å². The van der Waals surface area contributed by atoms with E-state index in [1.807, 2.05) is 31.2 Å². The zero-order valence-corrected chi connectivity index (χ0v) is 15.0. The van der Waals surface area contributed by atoms with Gasteiger partial charge in [0.1, 0.15) is 11.5 Å². The molecule has 2 aromatic carbocycles. The van der Waals surface area contributed by atoms with Gasteiger partial charge in [0.2, 0.25) is 0 Å². The molecular weight excluding hydrogens is 380 g/mol. The lowest BCUT2D eigenvalue weighted by Gasteiger charge is -2.01. The summed E-state index contributed by atoms with van der Waals surface area (Å²) in [5.74, 6) is 0.675. The largest absolute Gasteiger partial charge is 0.457 e. The van der Waals surface area contributed by atoms with Gasteiger partial charge in [-0.3, -0.25) is 9.59 Å². The zero-order chi connectivity index (χ0) is 17.6. The first-order chi connectivity index (χ1) is 12.0. The normalized spacial score (nSPS) is 13.3. The minimum atomic E-state index is -0.252. The maximum Gasteiger partial charge on any atom is 0.197 e. The van der Waals surface area contributed by atoms with Crippen molar-refractivity contribution in [1.29, 1.82) is 0 Å². The van der Waals surface area contributed by atoms with Crippen molar-refractivity contribution in [2.24, 2.45) is 0 Å². The van der Waals surface area contributed by atoms with E-state index in [0.29, 0.717) is 22.6 Å². The van der Waals surface area contributed by atoms with Crippen molar-refractivity contribution < 1.29 is 14.0 Å². The fourth-order valence-corrected chi connectivity index (χ4v) is 3.18. The van der Waals surface area contributed by atoms with Crippen LogP contribution in [0.2, 0.25) is 0 Å². The van der Waals surface area contributed by atoms with Gasteiger partial charge in [0.15, 0.2) is 11.6 Å². The smallest absolute Gasteiger partial charge is 0.197 e. The molecule has 0 aliphatic heterocycles. The first kappa shape index (κ1) is 15.8. The summed E-state index contributed by atoms with van der Waals surface area (Å²) in [5, 5.41) is 0. The molecule has 0 N–H and O–H groups in total. The maximum absolute atomic E-state index is 12.4. The number of furan rings is 1. The predicted molar refractivity (Wildman–Crippen MR) is 99.7 cm³/mol. The Morgan fingerprint density at radius 3 is 2.24 bits per heavy atom. The molecule has 0 amide bonds. The number of benzene rings is 2. The monoisotopic (exact) mass is 392 g/mol. The SMILES string of the molecule is Cc1cc(-c2ccc(C=C3C(=O)c4ccccc4C3=O)o2)ccc1Br. The lowest BCUT2D eigenvalue weighted by Crippen LogP contribution is -1.99. The summed E-state index contributed by atoms with van der Waals surface area (Å²) >= 11 is 3.48. The number of hydrogen-bond acceptors (Lipinski definition) is 3. The Balaban J connectivity index is 1.70. The molecule has 0 unspecified atom stereocenters. The third kappa shape index (κ3) is 2.68. The van der Waals surface area contributed by atoms with Crippen LogP contribution < -0.4 is 0 Å². The lowest BCUT2D eigenvalue weighted by molar-refractivity contribution is 0.0990. The number of fused-ring (bicyclic) bond motifs is 1. The molecular formula is C21H13BrO3. The van der Waals surface area contributed by atoms with Crippen LogP contribution >= 0.6 is 15.9 Å². The summed E-state index contributed by atoms with van der Waals surface area (Å²) in [7, 11) is 0. The molecule has 4 rings (SSSR count). The summed E-state index contributed by atoms with van der Waals surface area (Å²) in [6.45, 7) is 2.01. The van der Waals surface area contributed by atoms with E-state index in [1.165, 1.54) is 6.08 Å². The Morgan fingerprint density at radius 1 is 0.920 bits per heavy atom. The molecule has 1 heterocycles. The summed E-state index contributed by atoms with van der Waals surface area (Å²) in [4.78, 5) is 24.9. The van der Waals surface area contributed by atoms with Gasteiger partial charge in [-0.2, -0.15) is 0 Å². The van der Waals surface area contributed by atoms with E-state index in [4.69, 9.17) is 4.42 Å². The number of aryl methyl sites for hydroxylation is 1. The van der Waals surface area contributed by atoms with Crippen molar-refractivity contribution >= 4 is 33.6 Å². The van der Waals surface area contributed by atoms with Crippen LogP contribution in [0.15, 0.2) is 69.1 Å². The van der Waals surface area contributed by atoms with E-state index in [1.54, 1.807) is 30.3 Å². The van der Waals surface area contributed by atoms with E-state index < -0.39 is 0 Å². The number of Topliss-reactive ketones (excluding diaryl/α,β-unsaturated/α-hetero) is 2. The molecule has 3 nitrogen and oxygen atoms in total. The van der Waals surface area contributed by atoms with Crippen LogP contribution in [0.4, 0.5) is 0 Å². The van der Waals surface area contributed by atoms with Gasteiger partial charge in [0, 0.05) is 21.2 Å².